The molecule has 3 rings (SSSR count). The summed E-state index contributed by atoms with van der Waals surface area (Å²) in [6, 6.07) is 7.85. The van der Waals surface area contributed by atoms with Gasteiger partial charge in [-0.2, -0.15) is 13.2 Å². The molecule has 0 amide bonds. The molecule has 0 fully saturated rings. The molecule has 0 N–H and O–H groups in total. The number of alkyl halides is 3. The molecule has 25 heavy (non-hydrogen) atoms. The number of thiol groups is 1. The van der Waals surface area contributed by atoms with Crippen molar-refractivity contribution < 1.29 is 17.6 Å². The highest BCUT2D eigenvalue weighted by molar-refractivity contribution is 7.80. The van der Waals surface area contributed by atoms with Crippen LogP contribution in [0.1, 0.15) is 11.1 Å². The third-order valence-electron chi connectivity index (χ3n) is 3.72. The molecule has 130 valence electrons. The van der Waals surface area contributed by atoms with Crippen LogP contribution in [0.4, 0.5) is 17.6 Å². The van der Waals surface area contributed by atoms with Gasteiger partial charge in [-0.05, 0) is 36.8 Å². The lowest BCUT2D eigenvalue weighted by atomic mass is 10.1. The molecule has 0 spiro atoms. The van der Waals surface area contributed by atoms with Crippen LogP contribution in [0.25, 0.3) is 16.9 Å². The van der Waals surface area contributed by atoms with Crippen molar-refractivity contribution in [3.05, 3.63) is 68.4 Å². The molecule has 0 saturated carbocycles. The number of nitrogens with zero attached hydrogens (tertiary/aromatic N) is 1. The largest absolute Gasteiger partial charge is 0.416 e. The van der Waals surface area contributed by atoms with Crippen LogP contribution < -0.4 is 4.87 Å². The van der Waals surface area contributed by atoms with Crippen molar-refractivity contribution in [3.63, 3.8) is 0 Å². The number of hydrogen-bond donors (Lipinski definition) is 1. The topological polar surface area (TPSA) is 22.0 Å². The van der Waals surface area contributed by atoms with Gasteiger partial charge >= 0.3 is 11.0 Å². The molecule has 2 aromatic carbocycles. The zero-order valence-corrected chi connectivity index (χ0v) is 14.5. The summed E-state index contributed by atoms with van der Waals surface area (Å²) in [6.07, 6.45) is -4.53. The fraction of sp³-hybridized carbons (Fsp3) is 0.118. The molecule has 0 atom stereocenters. The quantitative estimate of drug-likeness (QED) is 0.468. The Bertz CT molecular complexity index is 1000. The van der Waals surface area contributed by atoms with Crippen LogP contribution in [-0.4, -0.2) is 4.57 Å². The van der Waals surface area contributed by atoms with Crippen LogP contribution in [0.3, 0.4) is 0 Å². The second-order valence-corrected chi connectivity index (χ2v) is 6.69. The maximum atomic E-state index is 13.8. The van der Waals surface area contributed by atoms with E-state index in [2.05, 4.69) is 12.6 Å². The first-order valence-corrected chi connectivity index (χ1v) is 8.39. The molecule has 0 aliphatic heterocycles. The van der Waals surface area contributed by atoms with Gasteiger partial charge in [-0.15, -0.1) is 12.6 Å². The maximum absolute atomic E-state index is 13.8. The minimum absolute atomic E-state index is 0.0616. The van der Waals surface area contributed by atoms with Gasteiger partial charge in [-0.3, -0.25) is 9.36 Å². The van der Waals surface area contributed by atoms with Gasteiger partial charge in [0, 0.05) is 15.8 Å². The van der Waals surface area contributed by atoms with Crippen molar-refractivity contribution >= 4 is 24.0 Å². The minimum atomic E-state index is -4.53. The van der Waals surface area contributed by atoms with Gasteiger partial charge < -0.3 is 0 Å². The molecule has 1 heterocycles. The third kappa shape index (κ3) is 3.36. The van der Waals surface area contributed by atoms with Crippen LogP contribution in [-0.2, 0) is 6.18 Å². The average Bonchev–Trinajstić information content (AvgIpc) is 2.91. The summed E-state index contributed by atoms with van der Waals surface area (Å²) in [4.78, 5) is 11.9. The monoisotopic (exact) mass is 385 g/mol. The van der Waals surface area contributed by atoms with E-state index >= 15 is 0 Å². The van der Waals surface area contributed by atoms with Crippen molar-refractivity contribution in [1.82, 2.24) is 4.57 Å². The van der Waals surface area contributed by atoms with Gasteiger partial charge in [0.25, 0.3) is 0 Å². The molecule has 0 bridgehead atoms. The lowest BCUT2D eigenvalue weighted by Crippen LogP contribution is -2.14. The SMILES string of the molecule is Cc1ccc(-n2c(-c3ccc(S)c(F)c3)csc2=O)cc1C(F)(F)F. The highest BCUT2D eigenvalue weighted by atomic mass is 32.1. The van der Waals surface area contributed by atoms with E-state index in [1.165, 1.54) is 36.6 Å². The standard InChI is InChI=1S/C17H11F4NOS2/c1-9-2-4-11(7-12(9)17(19,20)21)22-14(8-25-16(22)23)10-3-5-15(24)13(18)6-10/h2-8,24H,1H3. The van der Waals surface area contributed by atoms with Crippen molar-refractivity contribution in [1.29, 1.82) is 0 Å². The summed E-state index contributed by atoms with van der Waals surface area (Å²) in [7, 11) is 0. The smallest absolute Gasteiger partial charge is 0.267 e. The molecule has 3 aromatic rings. The first-order chi connectivity index (χ1) is 11.7. The van der Waals surface area contributed by atoms with E-state index in [0.29, 0.717) is 11.3 Å². The van der Waals surface area contributed by atoms with Crippen molar-refractivity contribution in [2.75, 3.05) is 0 Å². The minimum Gasteiger partial charge on any atom is -0.267 e. The molecule has 0 saturated heterocycles. The zero-order chi connectivity index (χ0) is 18.4. The lowest BCUT2D eigenvalue weighted by Gasteiger charge is -2.14. The van der Waals surface area contributed by atoms with E-state index < -0.39 is 22.4 Å². The average molecular weight is 385 g/mol. The van der Waals surface area contributed by atoms with E-state index in [9.17, 15) is 22.4 Å². The number of hydrogen-bond acceptors (Lipinski definition) is 3. The normalized spacial score (nSPS) is 11.8. The van der Waals surface area contributed by atoms with Crippen molar-refractivity contribution in [2.45, 2.75) is 18.0 Å². The summed E-state index contributed by atoms with van der Waals surface area (Å²) in [5.74, 6) is -0.578. The molecular weight excluding hydrogens is 374 g/mol. The Morgan fingerprint density at radius 2 is 1.84 bits per heavy atom. The fourth-order valence-electron chi connectivity index (χ4n) is 2.47. The number of aromatic nitrogens is 1. The number of thiazole rings is 1. The summed E-state index contributed by atoms with van der Waals surface area (Å²) >= 11 is 4.78. The predicted octanol–water partition coefficient (Wildman–Crippen LogP) is 5.32. The summed E-state index contributed by atoms with van der Waals surface area (Å²) in [5, 5.41) is 1.49. The van der Waals surface area contributed by atoms with E-state index in [4.69, 9.17) is 0 Å². The van der Waals surface area contributed by atoms with E-state index in [1.54, 1.807) is 6.07 Å². The Balaban J connectivity index is 2.21. The maximum Gasteiger partial charge on any atom is 0.416 e. The second-order valence-electron chi connectivity index (χ2n) is 5.39. The first kappa shape index (κ1) is 17.8. The molecule has 1 aromatic heterocycles. The number of halogens is 4. The molecule has 0 unspecified atom stereocenters. The fourth-order valence-corrected chi connectivity index (χ4v) is 3.37. The highest BCUT2D eigenvalue weighted by Crippen LogP contribution is 2.34. The molecule has 0 aliphatic carbocycles. The van der Waals surface area contributed by atoms with E-state index in [0.717, 1.165) is 22.0 Å². The Morgan fingerprint density at radius 3 is 2.48 bits per heavy atom. The van der Waals surface area contributed by atoms with Gasteiger partial charge in [-0.1, -0.05) is 23.5 Å². The van der Waals surface area contributed by atoms with E-state index in [1.807, 2.05) is 0 Å². The van der Waals surface area contributed by atoms with Crippen LogP contribution in [0.5, 0.6) is 0 Å². The summed E-state index contributed by atoms with van der Waals surface area (Å²) < 4.78 is 54.4. The molecular formula is C17H11F4NOS2. The highest BCUT2D eigenvalue weighted by Gasteiger charge is 2.32. The Labute approximate surface area is 149 Å². The Morgan fingerprint density at radius 1 is 1.12 bits per heavy atom. The number of rotatable bonds is 2. The Kier molecular flexibility index (Phi) is 4.51. The summed E-state index contributed by atoms with van der Waals surface area (Å²) in [6.45, 7) is 1.35. The zero-order valence-electron chi connectivity index (χ0n) is 12.8. The van der Waals surface area contributed by atoms with Gasteiger partial charge in [0.05, 0.1) is 16.9 Å². The third-order valence-corrected chi connectivity index (χ3v) is 4.81. The Hall–Kier alpha value is -2.06. The number of benzene rings is 2. The molecule has 0 radical (unpaired) electrons. The van der Waals surface area contributed by atoms with Gasteiger partial charge in [-0.25, -0.2) is 4.39 Å². The van der Waals surface area contributed by atoms with Gasteiger partial charge in [0.2, 0.25) is 0 Å². The van der Waals surface area contributed by atoms with Crippen LogP contribution in [0.15, 0.2) is 51.5 Å². The van der Waals surface area contributed by atoms with Crippen molar-refractivity contribution in [3.8, 4) is 16.9 Å². The van der Waals surface area contributed by atoms with Crippen LogP contribution in [0.2, 0.25) is 0 Å². The van der Waals surface area contributed by atoms with Gasteiger partial charge in [0.15, 0.2) is 0 Å². The van der Waals surface area contributed by atoms with Gasteiger partial charge in [0.1, 0.15) is 5.82 Å². The lowest BCUT2D eigenvalue weighted by molar-refractivity contribution is -0.138. The van der Waals surface area contributed by atoms with Crippen LogP contribution >= 0.6 is 24.0 Å². The second kappa shape index (κ2) is 6.34. The van der Waals surface area contributed by atoms with E-state index in [-0.39, 0.29) is 16.1 Å². The summed E-state index contributed by atoms with van der Waals surface area (Å²) in [5.41, 5.74) is 0.0222. The molecule has 0 aliphatic rings. The van der Waals surface area contributed by atoms with Crippen molar-refractivity contribution in [2.24, 2.45) is 0 Å². The first-order valence-electron chi connectivity index (χ1n) is 7.06. The number of aryl methyl sites for hydroxylation is 1. The molecule has 8 heteroatoms. The predicted molar refractivity (Wildman–Crippen MR) is 92.3 cm³/mol. The molecule has 2 nitrogen and oxygen atoms in total. The van der Waals surface area contributed by atoms with Crippen LogP contribution in [0, 0.1) is 12.7 Å².